The fourth-order valence-electron chi connectivity index (χ4n) is 1.88. The van der Waals surface area contributed by atoms with Gasteiger partial charge in [-0.3, -0.25) is 4.79 Å². The Morgan fingerprint density at radius 2 is 2.05 bits per heavy atom. The van der Waals surface area contributed by atoms with E-state index < -0.39 is 10.0 Å². The summed E-state index contributed by atoms with van der Waals surface area (Å²) in [5, 5.41) is -0.266. The number of hydrogen-bond acceptors (Lipinski definition) is 5. The Morgan fingerprint density at radius 1 is 1.48 bits per heavy atom. The van der Waals surface area contributed by atoms with E-state index in [4.69, 9.17) is 10.2 Å². The van der Waals surface area contributed by atoms with E-state index >= 15 is 0 Å². The minimum absolute atomic E-state index is 0.220. The van der Waals surface area contributed by atoms with Gasteiger partial charge in [0.1, 0.15) is 5.76 Å². The maximum absolute atomic E-state index is 12.4. The van der Waals surface area contributed by atoms with Crippen LogP contribution in [0.25, 0.3) is 0 Å². The standard InChI is InChI=1S/C13H23N3O4S/c1-9-10(6-11(20-9)21(18,19)15-4)12(17)16(5)8-13(2,3)7-14/h6,15H,7-8,14H2,1-5H3. The molecule has 21 heavy (non-hydrogen) atoms. The highest BCUT2D eigenvalue weighted by Crippen LogP contribution is 2.22. The zero-order valence-electron chi connectivity index (χ0n) is 13.1. The highest BCUT2D eigenvalue weighted by molar-refractivity contribution is 7.89. The third-order valence-corrected chi connectivity index (χ3v) is 4.49. The molecule has 0 spiro atoms. The van der Waals surface area contributed by atoms with Gasteiger partial charge in [0.15, 0.2) is 0 Å². The minimum Gasteiger partial charge on any atom is -0.448 e. The summed E-state index contributed by atoms with van der Waals surface area (Å²) >= 11 is 0. The van der Waals surface area contributed by atoms with Gasteiger partial charge >= 0.3 is 0 Å². The summed E-state index contributed by atoms with van der Waals surface area (Å²) < 4.78 is 30.7. The molecule has 1 rings (SSSR count). The smallest absolute Gasteiger partial charge is 0.273 e. The lowest BCUT2D eigenvalue weighted by molar-refractivity contribution is 0.0739. The van der Waals surface area contributed by atoms with Crippen molar-refractivity contribution in [2.75, 3.05) is 27.2 Å². The fraction of sp³-hybridized carbons (Fsp3) is 0.615. The fourth-order valence-corrected chi connectivity index (χ4v) is 2.59. The van der Waals surface area contributed by atoms with Crippen LogP contribution in [-0.4, -0.2) is 46.4 Å². The Balaban J connectivity index is 3.04. The molecule has 0 atom stereocenters. The van der Waals surface area contributed by atoms with Crippen LogP contribution in [0.4, 0.5) is 0 Å². The van der Waals surface area contributed by atoms with Gasteiger partial charge in [-0.2, -0.15) is 0 Å². The monoisotopic (exact) mass is 317 g/mol. The molecule has 3 N–H and O–H groups in total. The molecule has 1 amide bonds. The second kappa shape index (κ2) is 6.17. The number of nitrogens with two attached hydrogens (primary N) is 1. The van der Waals surface area contributed by atoms with Crippen molar-refractivity contribution in [3.63, 3.8) is 0 Å². The van der Waals surface area contributed by atoms with Gasteiger partial charge in [-0.15, -0.1) is 0 Å². The Kier molecular flexibility index (Phi) is 5.19. The molecule has 0 fully saturated rings. The van der Waals surface area contributed by atoms with Crippen molar-refractivity contribution in [1.29, 1.82) is 0 Å². The number of rotatable bonds is 6. The summed E-state index contributed by atoms with van der Waals surface area (Å²) in [6.45, 7) is 6.37. The predicted octanol–water partition coefficient (Wildman–Crippen LogP) is 0.553. The summed E-state index contributed by atoms with van der Waals surface area (Å²) in [7, 11) is -0.773. The van der Waals surface area contributed by atoms with E-state index in [1.807, 2.05) is 13.8 Å². The number of hydrogen-bond donors (Lipinski definition) is 2. The van der Waals surface area contributed by atoms with Crippen LogP contribution in [-0.2, 0) is 10.0 Å². The number of furan rings is 1. The van der Waals surface area contributed by atoms with Crippen LogP contribution in [0, 0.1) is 12.3 Å². The molecule has 0 saturated heterocycles. The zero-order valence-corrected chi connectivity index (χ0v) is 13.9. The summed E-state index contributed by atoms with van der Waals surface area (Å²) in [6.07, 6.45) is 0. The van der Waals surface area contributed by atoms with Crippen LogP contribution in [0.2, 0.25) is 0 Å². The van der Waals surface area contributed by atoms with Gasteiger partial charge in [0, 0.05) is 19.7 Å². The lowest BCUT2D eigenvalue weighted by atomic mass is 9.93. The van der Waals surface area contributed by atoms with Crippen LogP contribution in [0.15, 0.2) is 15.6 Å². The number of nitrogens with zero attached hydrogens (tertiary/aromatic N) is 1. The topological polar surface area (TPSA) is 106 Å². The van der Waals surface area contributed by atoms with Crippen molar-refractivity contribution >= 4 is 15.9 Å². The highest BCUT2D eigenvalue weighted by Gasteiger charge is 2.27. The molecule has 8 heteroatoms. The molecule has 120 valence electrons. The molecule has 1 heterocycles. The van der Waals surface area contributed by atoms with E-state index in [1.165, 1.54) is 18.0 Å². The Labute approximate surface area is 125 Å². The van der Waals surface area contributed by atoms with E-state index in [-0.39, 0.29) is 27.7 Å². The number of nitrogens with one attached hydrogen (secondary N) is 1. The van der Waals surface area contributed by atoms with Gasteiger partial charge in [-0.1, -0.05) is 13.8 Å². The van der Waals surface area contributed by atoms with E-state index in [2.05, 4.69) is 4.72 Å². The first-order valence-corrected chi connectivity index (χ1v) is 8.02. The molecule has 7 nitrogen and oxygen atoms in total. The van der Waals surface area contributed by atoms with Gasteiger partial charge in [-0.25, -0.2) is 13.1 Å². The Hall–Kier alpha value is -1.38. The quantitative estimate of drug-likeness (QED) is 0.797. The molecule has 1 aromatic rings. The molecule has 0 aliphatic heterocycles. The molecule has 1 aromatic heterocycles. The largest absolute Gasteiger partial charge is 0.448 e. The maximum atomic E-state index is 12.4. The summed E-state index contributed by atoms with van der Waals surface area (Å²) in [5.41, 5.74) is 5.67. The number of sulfonamides is 1. The number of carbonyl (C=O) groups excluding carboxylic acids is 1. The van der Waals surface area contributed by atoms with Crippen LogP contribution >= 0.6 is 0 Å². The summed E-state index contributed by atoms with van der Waals surface area (Å²) in [6, 6.07) is 1.25. The minimum atomic E-state index is -3.71. The first-order valence-electron chi connectivity index (χ1n) is 6.53. The number of carbonyl (C=O) groups is 1. The van der Waals surface area contributed by atoms with E-state index in [0.29, 0.717) is 13.1 Å². The van der Waals surface area contributed by atoms with Crippen LogP contribution < -0.4 is 10.5 Å². The van der Waals surface area contributed by atoms with Crippen molar-refractivity contribution in [2.24, 2.45) is 11.1 Å². The molecule has 0 aliphatic carbocycles. The van der Waals surface area contributed by atoms with Gasteiger partial charge in [-0.05, 0) is 25.9 Å². The number of aryl methyl sites for hydroxylation is 1. The molecule has 0 radical (unpaired) electrons. The molecule has 0 aliphatic rings. The predicted molar refractivity (Wildman–Crippen MR) is 79.5 cm³/mol. The molecule has 0 bridgehead atoms. The van der Waals surface area contributed by atoms with E-state index in [0.717, 1.165) is 0 Å². The van der Waals surface area contributed by atoms with Crippen molar-refractivity contribution in [3.05, 3.63) is 17.4 Å². The normalized spacial score (nSPS) is 12.5. The lowest BCUT2D eigenvalue weighted by Gasteiger charge is -2.28. The van der Waals surface area contributed by atoms with E-state index in [9.17, 15) is 13.2 Å². The molecule has 0 aromatic carbocycles. The summed E-state index contributed by atoms with van der Waals surface area (Å²) in [4.78, 5) is 13.9. The van der Waals surface area contributed by atoms with Gasteiger partial charge in [0.25, 0.3) is 15.9 Å². The van der Waals surface area contributed by atoms with Crippen molar-refractivity contribution in [1.82, 2.24) is 9.62 Å². The highest BCUT2D eigenvalue weighted by atomic mass is 32.2. The molecule has 0 saturated carbocycles. The van der Waals surface area contributed by atoms with Crippen LogP contribution in [0.5, 0.6) is 0 Å². The first kappa shape index (κ1) is 17.7. The molecule has 0 unspecified atom stereocenters. The van der Waals surface area contributed by atoms with E-state index in [1.54, 1.807) is 14.0 Å². The molecular formula is C13H23N3O4S. The van der Waals surface area contributed by atoms with Gasteiger partial charge < -0.3 is 15.1 Å². The summed E-state index contributed by atoms with van der Waals surface area (Å²) in [5.74, 6) is -0.0263. The maximum Gasteiger partial charge on any atom is 0.273 e. The third kappa shape index (κ3) is 4.05. The lowest BCUT2D eigenvalue weighted by Crippen LogP contribution is -2.39. The Bertz CT molecular complexity index is 619. The average molecular weight is 317 g/mol. The zero-order chi connectivity index (χ0) is 16.4. The second-order valence-corrected chi connectivity index (χ2v) is 7.59. The molecular weight excluding hydrogens is 294 g/mol. The van der Waals surface area contributed by atoms with Crippen molar-refractivity contribution in [3.8, 4) is 0 Å². The van der Waals surface area contributed by atoms with Crippen LogP contribution in [0.1, 0.15) is 30.0 Å². The van der Waals surface area contributed by atoms with Gasteiger partial charge in [0.2, 0.25) is 5.09 Å². The van der Waals surface area contributed by atoms with Crippen molar-refractivity contribution < 1.29 is 17.6 Å². The second-order valence-electron chi connectivity index (χ2n) is 5.77. The van der Waals surface area contributed by atoms with Gasteiger partial charge in [0.05, 0.1) is 5.56 Å². The van der Waals surface area contributed by atoms with Crippen LogP contribution in [0.3, 0.4) is 0 Å². The first-order chi connectivity index (χ1) is 9.54. The third-order valence-electron chi connectivity index (χ3n) is 3.22. The van der Waals surface area contributed by atoms with Crippen molar-refractivity contribution in [2.45, 2.75) is 25.9 Å². The number of amides is 1. The average Bonchev–Trinajstić information content (AvgIpc) is 2.80. The SMILES string of the molecule is CNS(=O)(=O)c1cc(C(=O)N(C)CC(C)(C)CN)c(C)o1. The Morgan fingerprint density at radius 3 is 2.52 bits per heavy atom.